The van der Waals surface area contributed by atoms with Gasteiger partial charge in [-0.15, -0.1) is 0 Å². The normalized spacial score (nSPS) is 16.1. The quantitative estimate of drug-likeness (QED) is 0.212. The van der Waals surface area contributed by atoms with Gasteiger partial charge in [-0.2, -0.15) is 0 Å². The van der Waals surface area contributed by atoms with Crippen LogP contribution < -0.4 is 15.4 Å². The minimum Gasteiger partial charge on any atom is -0.494 e. The topological polar surface area (TPSA) is 122 Å². The first-order valence-corrected chi connectivity index (χ1v) is 16.4. The van der Waals surface area contributed by atoms with Crippen molar-refractivity contribution in [1.82, 2.24) is 19.4 Å². The van der Waals surface area contributed by atoms with Crippen molar-refractivity contribution in [2.24, 2.45) is 0 Å². The molecule has 0 aliphatic carbocycles. The number of hydrogen-bond acceptors (Lipinski definition) is 7. The maximum absolute atomic E-state index is 14.7. The Balaban J connectivity index is 1.20. The number of anilines is 2. The third-order valence-electron chi connectivity index (χ3n) is 9.57. The van der Waals surface area contributed by atoms with Gasteiger partial charge >= 0.3 is 5.97 Å². The predicted octanol–water partition coefficient (Wildman–Crippen LogP) is 5.38. The number of aliphatic carboxylic acids is 1. The molecule has 0 fully saturated rings. The second-order valence-corrected chi connectivity index (χ2v) is 12.6. The number of carboxylic acids is 1. The minimum atomic E-state index is -1.07. The lowest BCUT2D eigenvalue weighted by Crippen LogP contribution is -2.43. The molecule has 1 amide bonds. The molecule has 0 bridgehead atoms. The van der Waals surface area contributed by atoms with Gasteiger partial charge in [0.25, 0.3) is 5.91 Å². The molecule has 47 heavy (non-hydrogen) atoms. The van der Waals surface area contributed by atoms with E-state index in [1.165, 1.54) is 30.4 Å². The number of pyridine rings is 2. The second-order valence-electron chi connectivity index (χ2n) is 12.6. The number of hydrogen-bond donors (Lipinski definition) is 3. The van der Waals surface area contributed by atoms with Gasteiger partial charge < -0.3 is 29.9 Å². The zero-order valence-corrected chi connectivity index (χ0v) is 26.5. The number of methoxy groups -OCH3 is 1. The highest BCUT2D eigenvalue weighted by atomic mass is 19.1. The molecule has 0 saturated carbocycles. The molecule has 3 aliphatic rings. The molecule has 3 aliphatic heterocycles. The van der Waals surface area contributed by atoms with Crippen molar-refractivity contribution in [1.29, 1.82) is 0 Å². The van der Waals surface area contributed by atoms with E-state index in [0.29, 0.717) is 37.2 Å². The van der Waals surface area contributed by atoms with Crippen molar-refractivity contribution in [3.05, 3.63) is 99.9 Å². The number of aromatic nitrogens is 3. The molecule has 1 unspecified atom stereocenters. The number of carbonyl (C=O) groups is 2. The summed E-state index contributed by atoms with van der Waals surface area (Å²) in [6.45, 7) is 2.61. The van der Waals surface area contributed by atoms with Crippen molar-refractivity contribution >= 4 is 23.5 Å². The first kappa shape index (κ1) is 30.7. The number of carbonyl (C=O) groups excluding carboxylic acids is 1. The van der Waals surface area contributed by atoms with Gasteiger partial charge in [-0.25, -0.2) is 14.4 Å². The Labute approximate surface area is 273 Å². The molecule has 0 saturated heterocycles. The summed E-state index contributed by atoms with van der Waals surface area (Å²) >= 11 is 0. The maximum Gasteiger partial charge on any atom is 0.305 e. The minimum absolute atomic E-state index is 0.0110. The second kappa shape index (κ2) is 13.1. The number of carboxylic acid groups (broad SMARTS) is 1. The summed E-state index contributed by atoms with van der Waals surface area (Å²) in [6.07, 6.45) is 7.24. The Kier molecular flexibility index (Phi) is 8.53. The molecule has 4 aromatic rings. The third kappa shape index (κ3) is 6.39. The van der Waals surface area contributed by atoms with E-state index in [4.69, 9.17) is 14.7 Å². The van der Waals surface area contributed by atoms with Crippen LogP contribution in [0.4, 0.5) is 16.0 Å². The molecule has 1 atom stereocenters. The van der Waals surface area contributed by atoms with E-state index in [0.717, 1.165) is 67.4 Å². The highest BCUT2D eigenvalue weighted by molar-refractivity contribution is 5.94. The zero-order valence-electron chi connectivity index (χ0n) is 26.5. The molecule has 11 heteroatoms. The van der Waals surface area contributed by atoms with Crippen molar-refractivity contribution in [2.75, 3.05) is 37.4 Å². The van der Waals surface area contributed by atoms with Crippen molar-refractivity contribution in [3.63, 3.8) is 0 Å². The van der Waals surface area contributed by atoms with Crippen LogP contribution in [-0.4, -0.2) is 63.2 Å². The highest BCUT2D eigenvalue weighted by Crippen LogP contribution is 2.34. The van der Waals surface area contributed by atoms with Gasteiger partial charge in [0, 0.05) is 43.8 Å². The fraction of sp³-hybridized carbons (Fsp3) is 0.389. The number of fused-ring (bicyclic) bond motifs is 3. The van der Waals surface area contributed by atoms with E-state index >= 15 is 0 Å². The Morgan fingerprint density at radius 1 is 0.936 bits per heavy atom. The number of ether oxygens (including phenoxy) is 1. The van der Waals surface area contributed by atoms with E-state index in [9.17, 15) is 19.1 Å². The molecule has 3 N–H and O–H groups in total. The maximum atomic E-state index is 14.7. The smallest absolute Gasteiger partial charge is 0.305 e. The molecule has 6 heterocycles. The number of amides is 1. The molecule has 244 valence electrons. The Hall–Kier alpha value is -4.93. The van der Waals surface area contributed by atoms with E-state index in [-0.39, 0.29) is 24.0 Å². The molecule has 7 rings (SSSR count). The lowest BCUT2D eigenvalue weighted by molar-refractivity contribution is -0.138. The fourth-order valence-electron chi connectivity index (χ4n) is 7.12. The summed E-state index contributed by atoms with van der Waals surface area (Å²) in [6, 6.07) is 14.0. The number of halogens is 1. The summed E-state index contributed by atoms with van der Waals surface area (Å²) in [7, 11) is 1.37. The van der Waals surface area contributed by atoms with Gasteiger partial charge in [-0.05, 0) is 97.0 Å². The fourth-order valence-corrected chi connectivity index (χ4v) is 7.12. The zero-order chi connectivity index (χ0) is 32.5. The van der Waals surface area contributed by atoms with Gasteiger partial charge in [0.15, 0.2) is 11.6 Å². The SMILES string of the molecule is COc1ccc(C(CC(=O)O)N2CCn3cc(C(Cc4ccc5c(n4)NCCC5)Cc4ccc5c(n4)NCCC5)cc3C2=O)cc1F. The third-order valence-corrected chi connectivity index (χ3v) is 9.57. The van der Waals surface area contributed by atoms with Crippen LogP contribution in [0.25, 0.3) is 0 Å². The summed E-state index contributed by atoms with van der Waals surface area (Å²) in [5, 5.41) is 16.6. The van der Waals surface area contributed by atoms with Gasteiger partial charge in [-0.1, -0.05) is 18.2 Å². The van der Waals surface area contributed by atoms with Crippen LogP contribution in [0.3, 0.4) is 0 Å². The molecule has 0 spiro atoms. The van der Waals surface area contributed by atoms with Gasteiger partial charge in [0.05, 0.1) is 19.6 Å². The van der Waals surface area contributed by atoms with E-state index in [2.05, 4.69) is 34.9 Å². The Bertz CT molecular complexity index is 1760. The monoisotopic (exact) mass is 638 g/mol. The van der Waals surface area contributed by atoms with Crippen LogP contribution >= 0.6 is 0 Å². The lowest BCUT2D eigenvalue weighted by Gasteiger charge is -2.35. The van der Waals surface area contributed by atoms with Crippen molar-refractivity contribution < 1.29 is 23.8 Å². The lowest BCUT2D eigenvalue weighted by atomic mass is 9.90. The van der Waals surface area contributed by atoms with Crippen molar-refractivity contribution in [3.8, 4) is 5.75 Å². The summed E-state index contributed by atoms with van der Waals surface area (Å²) < 4.78 is 21.7. The number of aryl methyl sites for hydroxylation is 2. The molecule has 1 aromatic carbocycles. The van der Waals surface area contributed by atoms with Crippen LogP contribution in [0, 0.1) is 5.82 Å². The Morgan fingerprint density at radius 3 is 2.19 bits per heavy atom. The molecule has 3 aromatic heterocycles. The average Bonchev–Trinajstić information content (AvgIpc) is 3.53. The van der Waals surface area contributed by atoms with Crippen molar-refractivity contribution in [2.45, 2.75) is 63.5 Å². The Morgan fingerprint density at radius 2 is 1.60 bits per heavy atom. The first-order chi connectivity index (χ1) is 22.9. The van der Waals surface area contributed by atoms with Crippen LogP contribution in [0.15, 0.2) is 54.7 Å². The molecule has 10 nitrogen and oxygen atoms in total. The van der Waals surface area contributed by atoms with Crippen LogP contribution in [0.1, 0.15) is 75.4 Å². The van der Waals surface area contributed by atoms with Crippen LogP contribution in [0.2, 0.25) is 0 Å². The average molecular weight is 639 g/mol. The number of rotatable bonds is 10. The van der Waals surface area contributed by atoms with E-state index < -0.39 is 17.8 Å². The van der Waals surface area contributed by atoms with Gasteiger partial charge in [-0.3, -0.25) is 9.59 Å². The van der Waals surface area contributed by atoms with Gasteiger partial charge in [0.1, 0.15) is 17.3 Å². The number of benzene rings is 1. The standard InChI is InChI=1S/C36H39FN6O4/c1-47-32-11-8-24(18-29(32)37)30(20-33(44)45)43-15-14-42-21-26(19-31(42)36(43)46)25(16-27-9-6-22-4-2-12-38-34(22)40-27)17-28-10-7-23-5-3-13-39-35(23)41-28/h6-11,18-19,21,25,30H,2-5,12-17,20H2,1H3,(H,38,40)(H,39,41)(H,44,45). The van der Waals surface area contributed by atoms with E-state index in [1.807, 2.05) is 16.8 Å². The summed E-state index contributed by atoms with van der Waals surface area (Å²) in [5.41, 5.74) is 6.31. The number of nitrogens with zero attached hydrogens (tertiary/aromatic N) is 4. The number of nitrogens with one attached hydrogen (secondary N) is 2. The van der Waals surface area contributed by atoms with E-state index in [1.54, 1.807) is 11.0 Å². The predicted molar refractivity (Wildman–Crippen MR) is 176 cm³/mol. The summed E-state index contributed by atoms with van der Waals surface area (Å²) in [4.78, 5) is 37.5. The highest BCUT2D eigenvalue weighted by Gasteiger charge is 2.34. The van der Waals surface area contributed by atoms with Crippen LogP contribution in [0.5, 0.6) is 5.75 Å². The van der Waals surface area contributed by atoms with Crippen LogP contribution in [-0.2, 0) is 37.0 Å². The molecule has 0 radical (unpaired) electrons. The molecular weight excluding hydrogens is 599 g/mol. The molecular formula is C36H39FN6O4. The largest absolute Gasteiger partial charge is 0.494 e. The summed E-state index contributed by atoms with van der Waals surface area (Å²) in [5.74, 6) is -0.00459. The first-order valence-electron chi connectivity index (χ1n) is 16.4. The van der Waals surface area contributed by atoms with Gasteiger partial charge in [0.2, 0.25) is 0 Å².